The Bertz CT molecular complexity index is 265. The molecule has 0 aliphatic heterocycles. The summed E-state index contributed by atoms with van der Waals surface area (Å²) in [4.78, 5) is 9.97. The number of rotatable bonds is 1. The highest BCUT2D eigenvalue weighted by molar-refractivity contribution is 5.71. The van der Waals surface area contributed by atoms with E-state index >= 15 is 0 Å². The first-order chi connectivity index (χ1) is 5.05. The summed E-state index contributed by atoms with van der Waals surface area (Å²) in [5.74, 6) is 0. The molecule has 60 valence electrons. The number of carbonyl (C=O) groups excluding carboxylic acids is 1. The van der Waals surface area contributed by atoms with E-state index in [1.807, 2.05) is 0 Å². The van der Waals surface area contributed by atoms with Gasteiger partial charge in [-0.15, -0.1) is 13.2 Å². The van der Waals surface area contributed by atoms with Crippen molar-refractivity contribution in [1.82, 2.24) is 9.78 Å². The van der Waals surface area contributed by atoms with Gasteiger partial charge in [-0.05, 0) is 6.07 Å². The van der Waals surface area contributed by atoms with Crippen molar-refractivity contribution in [3.8, 4) is 0 Å². The highest BCUT2D eigenvalue weighted by atomic mass is 19.4. The van der Waals surface area contributed by atoms with Crippen molar-refractivity contribution in [3.63, 3.8) is 0 Å². The van der Waals surface area contributed by atoms with Gasteiger partial charge in [0.1, 0.15) is 5.69 Å². The maximum absolute atomic E-state index is 11.8. The summed E-state index contributed by atoms with van der Waals surface area (Å²) in [6.45, 7) is 0. The third kappa shape index (κ3) is 1.39. The van der Waals surface area contributed by atoms with Gasteiger partial charge >= 0.3 is 6.30 Å². The van der Waals surface area contributed by atoms with Gasteiger partial charge in [0.2, 0.25) is 0 Å². The first-order valence-corrected chi connectivity index (χ1v) is 2.62. The van der Waals surface area contributed by atoms with Gasteiger partial charge in [0.25, 0.3) is 0 Å². The second-order valence-corrected chi connectivity index (χ2v) is 1.75. The molecule has 0 saturated heterocycles. The number of hydrogen-bond donors (Lipinski definition) is 0. The predicted octanol–water partition coefficient (Wildman–Crippen LogP) is 1.17. The Labute approximate surface area is 59.4 Å². The molecule has 3 nitrogen and oxygen atoms in total. The maximum atomic E-state index is 11.8. The molecule has 0 aromatic carbocycles. The highest BCUT2D eigenvalue weighted by Crippen LogP contribution is 2.21. The van der Waals surface area contributed by atoms with E-state index < -0.39 is 12.0 Å². The second kappa shape index (κ2) is 2.37. The third-order valence-electron chi connectivity index (χ3n) is 1.03. The molecular weight excluding hydrogens is 161 g/mol. The monoisotopic (exact) mass is 164 g/mol. The van der Waals surface area contributed by atoms with E-state index in [4.69, 9.17) is 0 Å². The zero-order valence-corrected chi connectivity index (χ0v) is 5.17. The average molecular weight is 164 g/mol. The lowest BCUT2D eigenvalue weighted by Crippen LogP contribution is -2.20. The lowest BCUT2D eigenvalue weighted by atomic mass is 10.5. The number of aromatic nitrogens is 2. The quantitative estimate of drug-likeness (QED) is 0.584. The number of halogens is 3. The van der Waals surface area contributed by atoms with Crippen LogP contribution in [0.1, 0.15) is 10.5 Å². The molecular formula is C5H3F3N2O. The van der Waals surface area contributed by atoms with Gasteiger partial charge in [-0.1, -0.05) is 0 Å². The van der Waals surface area contributed by atoms with Crippen LogP contribution in [0, 0.1) is 0 Å². The highest BCUT2D eigenvalue weighted by Gasteiger charge is 2.33. The molecule has 0 amide bonds. The normalized spacial score (nSPS) is 11.5. The Hall–Kier alpha value is -1.33. The van der Waals surface area contributed by atoms with Crippen LogP contribution in [0.25, 0.3) is 0 Å². The predicted molar refractivity (Wildman–Crippen MR) is 28.9 cm³/mol. The molecule has 11 heavy (non-hydrogen) atoms. The fraction of sp³-hybridized carbons (Fsp3) is 0.200. The summed E-state index contributed by atoms with van der Waals surface area (Å²) in [7, 11) is 0. The molecule has 0 bridgehead atoms. The molecule has 0 atom stereocenters. The van der Waals surface area contributed by atoms with E-state index in [0.29, 0.717) is 0 Å². The molecule has 6 heteroatoms. The second-order valence-electron chi connectivity index (χ2n) is 1.75. The van der Waals surface area contributed by atoms with Crippen LogP contribution in [0.4, 0.5) is 13.2 Å². The van der Waals surface area contributed by atoms with E-state index in [1.54, 1.807) is 0 Å². The minimum Gasteiger partial charge on any atom is -0.296 e. The smallest absolute Gasteiger partial charge is 0.296 e. The minimum atomic E-state index is -4.61. The van der Waals surface area contributed by atoms with Crippen molar-refractivity contribution >= 4 is 6.29 Å². The number of hydrogen-bond acceptors (Lipinski definition) is 2. The van der Waals surface area contributed by atoms with Crippen LogP contribution in [-0.4, -0.2) is 16.1 Å². The molecule has 0 aliphatic carbocycles. The van der Waals surface area contributed by atoms with E-state index in [9.17, 15) is 18.0 Å². The van der Waals surface area contributed by atoms with Gasteiger partial charge < -0.3 is 0 Å². The summed E-state index contributed by atoms with van der Waals surface area (Å²) >= 11 is 0. The molecule has 0 aliphatic rings. The van der Waals surface area contributed by atoms with Crippen molar-refractivity contribution < 1.29 is 18.0 Å². The molecule has 0 unspecified atom stereocenters. The van der Waals surface area contributed by atoms with Crippen LogP contribution in [0.2, 0.25) is 0 Å². The number of nitrogens with zero attached hydrogens (tertiary/aromatic N) is 2. The average Bonchev–Trinajstić information content (AvgIpc) is 2.31. The molecule has 0 fully saturated rings. The van der Waals surface area contributed by atoms with Gasteiger partial charge in [-0.25, -0.2) is 0 Å². The molecule has 0 N–H and O–H groups in total. The fourth-order valence-corrected chi connectivity index (χ4v) is 0.615. The van der Waals surface area contributed by atoms with Crippen LogP contribution in [0.15, 0.2) is 12.3 Å². The minimum absolute atomic E-state index is 0.0977. The van der Waals surface area contributed by atoms with E-state index in [0.717, 1.165) is 12.3 Å². The first kappa shape index (κ1) is 7.77. The van der Waals surface area contributed by atoms with Crippen LogP contribution in [0.5, 0.6) is 0 Å². The van der Waals surface area contributed by atoms with E-state index in [2.05, 4.69) is 5.10 Å². The van der Waals surface area contributed by atoms with E-state index in [-0.39, 0.29) is 11.0 Å². The molecule has 1 heterocycles. The van der Waals surface area contributed by atoms with Crippen molar-refractivity contribution in [3.05, 3.63) is 18.0 Å². The van der Waals surface area contributed by atoms with Crippen molar-refractivity contribution in [2.24, 2.45) is 0 Å². The summed E-state index contributed by atoms with van der Waals surface area (Å²) < 4.78 is 35.1. The Balaban J connectivity index is 3.12. The molecule has 1 rings (SSSR count). The van der Waals surface area contributed by atoms with Crippen LogP contribution in [-0.2, 0) is 6.30 Å². The molecule has 0 radical (unpaired) electrons. The van der Waals surface area contributed by atoms with Gasteiger partial charge in [-0.2, -0.15) is 9.78 Å². The lowest BCUT2D eigenvalue weighted by Gasteiger charge is -2.05. The standard InChI is InChI=1S/C5H3F3N2O/c6-5(7,8)10-4(3-11)1-2-9-10/h1-3H. The number of aldehydes is 1. The van der Waals surface area contributed by atoms with Gasteiger partial charge in [0, 0.05) is 0 Å². The molecule has 0 spiro atoms. The van der Waals surface area contributed by atoms with Gasteiger partial charge in [0.05, 0.1) is 6.20 Å². The van der Waals surface area contributed by atoms with Crippen molar-refractivity contribution in [1.29, 1.82) is 0 Å². The first-order valence-electron chi connectivity index (χ1n) is 2.62. The van der Waals surface area contributed by atoms with Crippen LogP contribution < -0.4 is 0 Å². The molecule has 1 aromatic rings. The Kier molecular flexibility index (Phi) is 1.67. The van der Waals surface area contributed by atoms with Crippen LogP contribution in [0.3, 0.4) is 0 Å². The number of alkyl halides is 3. The third-order valence-corrected chi connectivity index (χ3v) is 1.03. The zero-order chi connectivity index (χ0) is 8.48. The Morgan fingerprint density at radius 2 is 2.18 bits per heavy atom. The Morgan fingerprint density at radius 3 is 2.55 bits per heavy atom. The number of carbonyl (C=O) groups is 1. The van der Waals surface area contributed by atoms with Crippen molar-refractivity contribution in [2.45, 2.75) is 6.30 Å². The topological polar surface area (TPSA) is 34.9 Å². The van der Waals surface area contributed by atoms with Gasteiger partial charge in [-0.3, -0.25) is 4.79 Å². The Morgan fingerprint density at radius 1 is 1.55 bits per heavy atom. The summed E-state index contributed by atoms with van der Waals surface area (Å²) in [5, 5.41) is 2.92. The summed E-state index contributed by atoms with van der Waals surface area (Å²) in [5.41, 5.74) is -0.502. The fourth-order valence-electron chi connectivity index (χ4n) is 0.615. The molecule has 0 saturated carbocycles. The van der Waals surface area contributed by atoms with Crippen LogP contribution >= 0.6 is 0 Å². The summed E-state index contributed by atoms with van der Waals surface area (Å²) in [6, 6.07) is 0.987. The van der Waals surface area contributed by atoms with E-state index in [1.165, 1.54) is 0 Å². The van der Waals surface area contributed by atoms with Crippen molar-refractivity contribution in [2.75, 3.05) is 0 Å². The zero-order valence-electron chi connectivity index (χ0n) is 5.17. The SMILES string of the molecule is O=Cc1ccnn1C(F)(F)F. The lowest BCUT2D eigenvalue weighted by molar-refractivity contribution is -0.212. The summed E-state index contributed by atoms with van der Waals surface area (Å²) in [6.07, 6.45) is -3.60. The largest absolute Gasteiger partial charge is 0.505 e. The maximum Gasteiger partial charge on any atom is 0.505 e. The van der Waals surface area contributed by atoms with Gasteiger partial charge in [0.15, 0.2) is 6.29 Å². The molecule has 1 aromatic heterocycles.